The number of benzene rings is 1. The normalized spacial score (nSPS) is 17.9. The molecule has 1 aliphatic heterocycles. The van der Waals surface area contributed by atoms with E-state index in [0.29, 0.717) is 13.0 Å². The smallest absolute Gasteiger partial charge is 0.237 e. The van der Waals surface area contributed by atoms with Crippen molar-refractivity contribution in [3.8, 4) is 5.75 Å². The third kappa shape index (κ3) is 4.97. The van der Waals surface area contributed by atoms with Crippen LogP contribution in [-0.2, 0) is 9.59 Å². The zero-order valence-electron chi connectivity index (χ0n) is 16.3. The lowest BCUT2D eigenvalue weighted by molar-refractivity contribution is -0.130. The number of nitrogens with one attached hydrogen (secondary N) is 1. The Bertz CT molecular complexity index is 620. The van der Waals surface area contributed by atoms with Gasteiger partial charge in [-0.05, 0) is 26.3 Å². The number of ether oxygens (including phenoxy) is 1. The van der Waals surface area contributed by atoms with E-state index in [0.717, 1.165) is 37.4 Å². The zero-order chi connectivity index (χ0) is 19.1. The molecule has 1 aliphatic rings. The van der Waals surface area contributed by atoms with E-state index < -0.39 is 0 Å². The van der Waals surface area contributed by atoms with Crippen LogP contribution >= 0.6 is 0 Å². The van der Waals surface area contributed by atoms with Gasteiger partial charge in [0.2, 0.25) is 11.8 Å². The molecule has 1 fully saturated rings. The fourth-order valence-electron chi connectivity index (χ4n) is 3.40. The van der Waals surface area contributed by atoms with Crippen molar-refractivity contribution in [3.05, 3.63) is 29.8 Å². The second-order valence-electron chi connectivity index (χ2n) is 6.77. The minimum absolute atomic E-state index is 0.00123. The van der Waals surface area contributed by atoms with Gasteiger partial charge in [0.1, 0.15) is 5.75 Å². The average molecular weight is 361 g/mol. The summed E-state index contributed by atoms with van der Waals surface area (Å²) in [5.74, 6) is 0.962. The average Bonchev–Trinajstić information content (AvgIpc) is 2.92. The number of para-hydroxylation sites is 1. The first-order chi connectivity index (χ1) is 12.5. The Kier molecular flexibility index (Phi) is 7.45. The van der Waals surface area contributed by atoms with E-state index >= 15 is 0 Å². The molecule has 0 spiro atoms. The summed E-state index contributed by atoms with van der Waals surface area (Å²) in [4.78, 5) is 28.7. The molecule has 2 amide bonds. The predicted octanol–water partition coefficient (Wildman–Crippen LogP) is 2.21. The minimum Gasteiger partial charge on any atom is -0.496 e. The van der Waals surface area contributed by atoms with E-state index in [4.69, 9.17) is 4.74 Å². The number of hydrogen-bond acceptors (Lipinski definition) is 4. The van der Waals surface area contributed by atoms with Crippen LogP contribution in [0.5, 0.6) is 5.75 Å². The highest BCUT2D eigenvalue weighted by molar-refractivity contribution is 5.82. The highest BCUT2D eigenvalue weighted by Gasteiger charge is 2.26. The van der Waals surface area contributed by atoms with Crippen LogP contribution in [0.1, 0.15) is 45.2 Å². The molecule has 0 aliphatic carbocycles. The van der Waals surface area contributed by atoms with Gasteiger partial charge in [0.25, 0.3) is 0 Å². The predicted molar refractivity (Wildman–Crippen MR) is 102 cm³/mol. The molecule has 144 valence electrons. The number of hydrogen-bond donors (Lipinski definition) is 1. The van der Waals surface area contributed by atoms with Crippen molar-refractivity contribution in [1.29, 1.82) is 0 Å². The first kappa shape index (κ1) is 20.2. The van der Waals surface area contributed by atoms with Crippen LogP contribution in [0, 0.1) is 0 Å². The summed E-state index contributed by atoms with van der Waals surface area (Å²) in [5.41, 5.74) is 0.964. The van der Waals surface area contributed by atoms with E-state index in [1.807, 2.05) is 49.9 Å². The van der Waals surface area contributed by atoms with Crippen LogP contribution in [0.15, 0.2) is 24.3 Å². The molecule has 2 rings (SSSR count). The summed E-state index contributed by atoms with van der Waals surface area (Å²) in [7, 11) is 1.64. The molecular weight excluding hydrogens is 330 g/mol. The van der Waals surface area contributed by atoms with Gasteiger partial charge in [0.15, 0.2) is 0 Å². The number of methoxy groups -OCH3 is 1. The Labute approximate surface area is 156 Å². The first-order valence-corrected chi connectivity index (χ1v) is 9.43. The summed E-state index contributed by atoms with van der Waals surface area (Å²) in [6, 6.07) is 7.36. The summed E-state index contributed by atoms with van der Waals surface area (Å²) in [5, 5.41) is 3.09. The molecule has 1 N–H and O–H groups in total. The standard InChI is InChI=1S/C20H31N3O3/c1-5-19(24)23-12-8-11-22(13-14-23)16(3)20(25)21-15(2)17-9-6-7-10-18(17)26-4/h6-7,9-10,15-16H,5,8,11-14H2,1-4H3,(H,21,25). The van der Waals surface area contributed by atoms with Crippen LogP contribution in [0.2, 0.25) is 0 Å². The minimum atomic E-state index is -0.233. The van der Waals surface area contributed by atoms with Crippen LogP contribution < -0.4 is 10.1 Å². The maximum absolute atomic E-state index is 12.7. The van der Waals surface area contributed by atoms with Crippen molar-refractivity contribution in [2.75, 3.05) is 33.3 Å². The van der Waals surface area contributed by atoms with Gasteiger partial charge in [-0.25, -0.2) is 0 Å². The Morgan fingerprint density at radius 1 is 1.15 bits per heavy atom. The molecule has 2 unspecified atom stereocenters. The van der Waals surface area contributed by atoms with Crippen molar-refractivity contribution >= 4 is 11.8 Å². The Hall–Kier alpha value is -2.08. The monoisotopic (exact) mass is 361 g/mol. The molecule has 26 heavy (non-hydrogen) atoms. The SMILES string of the molecule is CCC(=O)N1CCCN(C(C)C(=O)NC(C)c2ccccc2OC)CC1. The van der Waals surface area contributed by atoms with Gasteiger partial charge < -0.3 is 15.0 Å². The summed E-state index contributed by atoms with van der Waals surface area (Å²) in [6.45, 7) is 8.80. The highest BCUT2D eigenvalue weighted by atomic mass is 16.5. The molecule has 0 saturated carbocycles. The van der Waals surface area contributed by atoms with E-state index in [1.54, 1.807) is 7.11 Å². The van der Waals surface area contributed by atoms with Gasteiger partial charge in [0, 0.05) is 38.2 Å². The van der Waals surface area contributed by atoms with Gasteiger partial charge >= 0.3 is 0 Å². The van der Waals surface area contributed by atoms with Gasteiger partial charge in [-0.15, -0.1) is 0 Å². The van der Waals surface area contributed by atoms with Gasteiger partial charge in [-0.3, -0.25) is 14.5 Å². The molecule has 2 atom stereocenters. The first-order valence-electron chi connectivity index (χ1n) is 9.43. The van der Waals surface area contributed by atoms with Crippen molar-refractivity contribution < 1.29 is 14.3 Å². The summed E-state index contributed by atoms with van der Waals surface area (Å²) >= 11 is 0. The lowest BCUT2D eigenvalue weighted by atomic mass is 10.1. The van der Waals surface area contributed by atoms with Crippen molar-refractivity contribution in [2.45, 2.75) is 45.7 Å². The van der Waals surface area contributed by atoms with Crippen LogP contribution in [0.3, 0.4) is 0 Å². The molecule has 1 saturated heterocycles. The van der Waals surface area contributed by atoms with Crippen molar-refractivity contribution in [1.82, 2.24) is 15.1 Å². The summed E-state index contributed by atoms with van der Waals surface area (Å²) < 4.78 is 5.39. The third-order valence-corrected chi connectivity index (χ3v) is 5.08. The van der Waals surface area contributed by atoms with Crippen LogP contribution in [-0.4, -0.2) is 60.9 Å². The fourth-order valence-corrected chi connectivity index (χ4v) is 3.40. The van der Waals surface area contributed by atoms with Crippen molar-refractivity contribution in [3.63, 3.8) is 0 Å². The number of carbonyl (C=O) groups excluding carboxylic acids is 2. The summed E-state index contributed by atoms with van der Waals surface area (Å²) in [6.07, 6.45) is 1.43. The zero-order valence-corrected chi connectivity index (χ0v) is 16.3. The van der Waals surface area contributed by atoms with Gasteiger partial charge in [0.05, 0.1) is 19.2 Å². The largest absolute Gasteiger partial charge is 0.496 e. The van der Waals surface area contributed by atoms with Crippen molar-refractivity contribution in [2.24, 2.45) is 0 Å². The molecule has 1 aromatic rings. The van der Waals surface area contributed by atoms with E-state index in [-0.39, 0.29) is 23.9 Å². The van der Waals surface area contributed by atoms with E-state index in [2.05, 4.69) is 10.2 Å². The molecule has 1 heterocycles. The maximum atomic E-state index is 12.7. The lowest BCUT2D eigenvalue weighted by Gasteiger charge is -2.28. The highest BCUT2D eigenvalue weighted by Crippen LogP contribution is 2.24. The number of nitrogens with zero attached hydrogens (tertiary/aromatic N) is 2. The Balaban J connectivity index is 1.95. The Morgan fingerprint density at radius 3 is 2.58 bits per heavy atom. The molecule has 0 bridgehead atoms. The second-order valence-corrected chi connectivity index (χ2v) is 6.77. The second kappa shape index (κ2) is 9.57. The molecule has 1 aromatic carbocycles. The topological polar surface area (TPSA) is 61.9 Å². The van der Waals surface area contributed by atoms with Crippen LogP contribution in [0.4, 0.5) is 0 Å². The van der Waals surface area contributed by atoms with E-state index in [1.165, 1.54) is 0 Å². The quantitative estimate of drug-likeness (QED) is 0.844. The molecule has 0 radical (unpaired) electrons. The van der Waals surface area contributed by atoms with Gasteiger partial charge in [-0.1, -0.05) is 25.1 Å². The van der Waals surface area contributed by atoms with Crippen LogP contribution in [0.25, 0.3) is 0 Å². The lowest BCUT2D eigenvalue weighted by Crippen LogP contribution is -2.47. The Morgan fingerprint density at radius 2 is 1.88 bits per heavy atom. The fraction of sp³-hybridized carbons (Fsp3) is 0.600. The van der Waals surface area contributed by atoms with Gasteiger partial charge in [-0.2, -0.15) is 0 Å². The number of amides is 2. The molecule has 0 aromatic heterocycles. The maximum Gasteiger partial charge on any atom is 0.237 e. The number of rotatable bonds is 6. The molecular formula is C20H31N3O3. The number of carbonyl (C=O) groups is 2. The van der Waals surface area contributed by atoms with E-state index in [9.17, 15) is 9.59 Å². The third-order valence-electron chi connectivity index (χ3n) is 5.08. The molecule has 6 nitrogen and oxygen atoms in total. The molecule has 6 heteroatoms.